The average molecular weight is 357 g/mol. The van der Waals surface area contributed by atoms with Gasteiger partial charge >= 0.3 is 6.43 Å². The molecule has 0 aliphatic carbocycles. The lowest BCUT2D eigenvalue weighted by atomic mass is 10.1. The van der Waals surface area contributed by atoms with Crippen molar-refractivity contribution in [2.45, 2.75) is 11.1 Å². The monoisotopic (exact) mass is 356 g/mol. The normalized spacial score (nSPS) is 12.2. The lowest BCUT2D eigenvalue weighted by Crippen LogP contribution is -2.18. The maximum Gasteiger partial charge on any atom is 0.314 e. The summed E-state index contributed by atoms with van der Waals surface area (Å²) < 4.78 is 53.6. The minimum atomic E-state index is -3.05. The molecule has 0 saturated heterocycles. The molecular formula is C10H5BrF4N2O3. The van der Waals surface area contributed by atoms with Crippen molar-refractivity contribution in [3.05, 3.63) is 35.2 Å². The molecule has 108 valence electrons. The van der Waals surface area contributed by atoms with E-state index in [0.29, 0.717) is 12.1 Å². The van der Waals surface area contributed by atoms with Gasteiger partial charge in [0.05, 0.1) is 11.1 Å². The van der Waals surface area contributed by atoms with Crippen LogP contribution in [0.5, 0.6) is 0 Å². The van der Waals surface area contributed by atoms with Crippen molar-refractivity contribution in [1.29, 1.82) is 0 Å². The van der Waals surface area contributed by atoms with Gasteiger partial charge in [-0.25, -0.2) is 8.78 Å². The van der Waals surface area contributed by atoms with Crippen LogP contribution in [0.2, 0.25) is 0 Å². The van der Waals surface area contributed by atoms with Crippen molar-refractivity contribution >= 4 is 15.9 Å². The Hall–Kier alpha value is -1.52. The zero-order valence-corrected chi connectivity index (χ0v) is 10.9. The van der Waals surface area contributed by atoms with Crippen LogP contribution >= 0.6 is 15.9 Å². The molecule has 2 aromatic rings. The van der Waals surface area contributed by atoms with Crippen LogP contribution in [-0.2, 0) is 4.70 Å². The highest BCUT2D eigenvalue weighted by Crippen LogP contribution is 2.32. The number of halogens is 5. The van der Waals surface area contributed by atoms with E-state index in [2.05, 4.69) is 30.5 Å². The number of aliphatic hydroxyl groups is 2. The van der Waals surface area contributed by atoms with Gasteiger partial charge < -0.3 is 14.6 Å². The fraction of sp³-hybridized carbons (Fsp3) is 0.200. The minimum absolute atomic E-state index is 0.464. The first-order valence-electron chi connectivity index (χ1n) is 4.95. The Kier molecular flexibility index (Phi) is 3.80. The van der Waals surface area contributed by atoms with E-state index in [1.807, 2.05) is 0 Å². The number of nitrogens with zero attached hydrogens (tertiary/aromatic N) is 2. The van der Waals surface area contributed by atoms with E-state index >= 15 is 0 Å². The van der Waals surface area contributed by atoms with Gasteiger partial charge in [0.15, 0.2) is 0 Å². The Bertz CT molecular complexity index is 642. The molecule has 0 atom stereocenters. The van der Waals surface area contributed by atoms with Crippen molar-refractivity contribution in [3.63, 3.8) is 0 Å². The lowest BCUT2D eigenvalue weighted by Gasteiger charge is -2.15. The fourth-order valence-electron chi connectivity index (χ4n) is 1.39. The predicted octanol–water partition coefficient (Wildman–Crippen LogP) is 2.44. The summed E-state index contributed by atoms with van der Waals surface area (Å²) in [6, 6.07) is 0.988. The second-order valence-corrected chi connectivity index (χ2v) is 4.75. The maximum atomic E-state index is 13.7. The molecule has 5 nitrogen and oxygen atoms in total. The van der Waals surface area contributed by atoms with Crippen molar-refractivity contribution < 1.29 is 32.2 Å². The van der Waals surface area contributed by atoms with Crippen molar-refractivity contribution in [3.8, 4) is 11.5 Å². The van der Waals surface area contributed by atoms with Crippen molar-refractivity contribution in [2.75, 3.05) is 0 Å². The lowest BCUT2D eigenvalue weighted by molar-refractivity contribution is -0.0767. The van der Waals surface area contributed by atoms with Gasteiger partial charge in [0, 0.05) is 0 Å². The molecule has 0 aliphatic heterocycles. The number of hydrogen-bond donors (Lipinski definition) is 2. The number of benzene rings is 1. The number of hydrogen-bond acceptors (Lipinski definition) is 5. The van der Waals surface area contributed by atoms with Crippen LogP contribution in [0, 0.1) is 11.6 Å². The van der Waals surface area contributed by atoms with E-state index in [4.69, 9.17) is 10.2 Å². The molecule has 10 heteroatoms. The molecule has 0 aliphatic rings. The third kappa shape index (κ3) is 2.81. The van der Waals surface area contributed by atoms with E-state index in [0.717, 1.165) is 0 Å². The quantitative estimate of drug-likeness (QED) is 0.501. The summed E-state index contributed by atoms with van der Waals surface area (Å²) in [5.41, 5.74) is -1.38. The third-order valence-corrected chi connectivity index (χ3v) is 2.68. The number of alkyl halides is 3. The zero-order valence-electron chi connectivity index (χ0n) is 9.32. The second kappa shape index (κ2) is 5.11. The summed E-state index contributed by atoms with van der Waals surface area (Å²) in [6.07, 6.45) is -3.05. The highest BCUT2D eigenvalue weighted by molar-refractivity contribution is 9.09. The van der Waals surface area contributed by atoms with E-state index in [9.17, 15) is 17.6 Å². The first-order chi connectivity index (χ1) is 9.20. The van der Waals surface area contributed by atoms with Crippen LogP contribution in [0.15, 0.2) is 16.5 Å². The van der Waals surface area contributed by atoms with E-state index in [-0.39, 0.29) is 0 Å². The highest BCUT2D eigenvalue weighted by Gasteiger charge is 2.29. The van der Waals surface area contributed by atoms with E-state index < -0.39 is 45.7 Å². The molecule has 0 saturated carbocycles. The smallest absolute Gasteiger partial charge is 0.314 e. The zero-order chi connectivity index (χ0) is 15.1. The van der Waals surface area contributed by atoms with Gasteiger partial charge in [-0.2, -0.15) is 8.78 Å². The van der Waals surface area contributed by atoms with Gasteiger partial charge in [0.2, 0.25) is 0 Å². The van der Waals surface area contributed by atoms with Gasteiger partial charge in [-0.1, -0.05) is 0 Å². The minimum Gasteiger partial charge on any atom is -0.415 e. The molecule has 2 N–H and O–H groups in total. The molecule has 0 fully saturated rings. The molecule has 1 aromatic carbocycles. The number of aromatic nitrogens is 2. The molecule has 1 heterocycles. The Balaban J connectivity index is 2.50. The summed E-state index contributed by atoms with van der Waals surface area (Å²) in [6.45, 7) is 0. The summed E-state index contributed by atoms with van der Waals surface area (Å²) in [7, 11) is 0. The second-order valence-electron chi connectivity index (χ2n) is 3.65. The van der Waals surface area contributed by atoms with Crippen LogP contribution in [0.3, 0.4) is 0 Å². The van der Waals surface area contributed by atoms with Crippen molar-refractivity contribution in [1.82, 2.24) is 10.2 Å². The Morgan fingerprint density at radius 3 is 2.30 bits per heavy atom. The van der Waals surface area contributed by atoms with Crippen LogP contribution in [0.1, 0.15) is 17.9 Å². The topological polar surface area (TPSA) is 79.4 Å². The van der Waals surface area contributed by atoms with Crippen molar-refractivity contribution in [2.24, 2.45) is 0 Å². The molecular weight excluding hydrogens is 352 g/mol. The summed E-state index contributed by atoms with van der Waals surface area (Å²) in [5.74, 6) is -4.06. The molecule has 2 rings (SSSR count). The molecule has 0 bridgehead atoms. The Morgan fingerprint density at radius 1 is 1.15 bits per heavy atom. The van der Waals surface area contributed by atoms with Gasteiger partial charge in [-0.15, -0.1) is 10.2 Å². The molecule has 20 heavy (non-hydrogen) atoms. The summed E-state index contributed by atoms with van der Waals surface area (Å²) >= 11 is 2.33. The van der Waals surface area contributed by atoms with Crippen LogP contribution < -0.4 is 0 Å². The largest absolute Gasteiger partial charge is 0.415 e. The van der Waals surface area contributed by atoms with E-state index in [1.165, 1.54) is 0 Å². The standard InChI is InChI=1S/C10H5BrF4N2O3/c11-10(18,19)4-2-5(12)3(1-6(4)13)8-16-17-9(20-8)7(14)15/h1-2,7,18-19H. The highest BCUT2D eigenvalue weighted by atomic mass is 79.9. The third-order valence-electron chi connectivity index (χ3n) is 2.26. The molecule has 0 unspecified atom stereocenters. The van der Waals surface area contributed by atoms with Gasteiger partial charge in [-0.3, -0.25) is 0 Å². The summed E-state index contributed by atoms with van der Waals surface area (Å²) in [4.78, 5) is 0. The Morgan fingerprint density at radius 2 is 1.80 bits per heavy atom. The van der Waals surface area contributed by atoms with Gasteiger partial charge in [-0.05, 0) is 28.1 Å². The van der Waals surface area contributed by atoms with Gasteiger partial charge in [0.1, 0.15) is 11.6 Å². The first-order valence-corrected chi connectivity index (χ1v) is 5.74. The van der Waals surface area contributed by atoms with E-state index in [1.54, 1.807) is 0 Å². The maximum absolute atomic E-state index is 13.7. The molecule has 1 aromatic heterocycles. The van der Waals surface area contributed by atoms with Gasteiger partial charge in [0.25, 0.3) is 16.5 Å². The predicted molar refractivity (Wildman–Crippen MR) is 59.6 cm³/mol. The molecule has 0 amide bonds. The molecule has 0 spiro atoms. The summed E-state index contributed by atoms with van der Waals surface area (Å²) in [5, 5.41) is 24.4. The average Bonchev–Trinajstić information content (AvgIpc) is 2.79. The molecule has 0 radical (unpaired) electrons. The SMILES string of the molecule is OC(O)(Br)c1cc(F)c(-c2nnc(C(F)F)o2)cc1F. The van der Waals surface area contributed by atoms with Crippen LogP contribution in [0.25, 0.3) is 11.5 Å². The number of rotatable bonds is 3. The first kappa shape index (κ1) is 14.9. The van der Waals surface area contributed by atoms with Crippen LogP contribution in [-0.4, -0.2) is 20.4 Å². The van der Waals surface area contributed by atoms with Crippen LogP contribution in [0.4, 0.5) is 17.6 Å². The Labute approximate surface area is 117 Å². The fourth-order valence-corrected chi connectivity index (χ4v) is 1.69.